The van der Waals surface area contributed by atoms with Crippen LogP contribution < -0.4 is 4.90 Å². The van der Waals surface area contributed by atoms with E-state index in [2.05, 4.69) is 0 Å². The molecule has 0 aromatic heterocycles. The van der Waals surface area contributed by atoms with E-state index in [1.165, 1.54) is 0 Å². The first-order chi connectivity index (χ1) is 9.88. The fourth-order valence-corrected chi connectivity index (χ4v) is 2.58. The third-order valence-corrected chi connectivity index (χ3v) is 3.73. The highest BCUT2D eigenvalue weighted by Crippen LogP contribution is 2.32. The molecule has 0 atom stereocenters. The fraction of sp³-hybridized carbons (Fsp3) is 0.412. The minimum absolute atomic E-state index is 0.000486. The molecule has 0 bridgehead atoms. The van der Waals surface area contributed by atoms with Gasteiger partial charge in [0.15, 0.2) is 11.6 Å². The Kier molecular flexibility index (Phi) is 4.46. The second-order valence-electron chi connectivity index (χ2n) is 5.94. The Morgan fingerprint density at radius 3 is 1.90 bits per heavy atom. The quantitative estimate of drug-likeness (QED) is 0.631. The van der Waals surface area contributed by atoms with Crippen molar-refractivity contribution in [3.05, 3.63) is 41.6 Å². The minimum atomic E-state index is -0.0540. The maximum absolute atomic E-state index is 12.2. The molecule has 0 radical (unpaired) electrons. The first-order valence-corrected chi connectivity index (χ1v) is 7.10. The highest BCUT2D eigenvalue weighted by molar-refractivity contribution is 6.22. The number of ketones is 2. The van der Waals surface area contributed by atoms with Crippen LogP contribution in [0.15, 0.2) is 36.0 Å². The third-order valence-electron chi connectivity index (χ3n) is 3.73. The Labute approximate surface area is 126 Å². The fourth-order valence-electron chi connectivity index (χ4n) is 2.58. The van der Waals surface area contributed by atoms with Gasteiger partial charge in [0.2, 0.25) is 0 Å². The highest BCUT2D eigenvalue weighted by atomic mass is 16.1. The van der Waals surface area contributed by atoms with Crippen molar-refractivity contribution < 1.29 is 9.59 Å². The molecule has 1 saturated carbocycles. The number of hydrogen-bond acceptors (Lipinski definition) is 4. The summed E-state index contributed by atoms with van der Waals surface area (Å²) >= 11 is 0. The summed E-state index contributed by atoms with van der Waals surface area (Å²) in [5.74, 6) is -0.108. The predicted octanol–water partition coefficient (Wildman–Crippen LogP) is 2.21. The monoisotopic (exact) mass is 286 g/mol. The largest absolute Gasteiger partial charge is 0.383 e. The number of carbonyl (C=O) groups is 2. The molecular formula is C17H22N2O2. The Morgan fingerprint density at radius 2 is 1.48 bits per heavy atom. The zero-order valence-corrected chi connectivity index (χ0v) is 13.1. The summed E-state index contributed by atoms with van der Waals surface area (Å²) in [6.07, 6.45) is 2.45. The summed E-state index contributed by atoms with van der Waals surface area (Å²) in [5, 5.41) is 0. The minimum Gasteiger partial charge on any atom is -0.383 e. The van der Waals surface area contributed by atoms with Crippen LogP contribution in [-0.4, -0.2) is 44.7 Å². The molecule has 1 aromatic carbocycles. The molecule has 0 amide bonds. The first-order valence-electron chi connectivity index (χ1n) is 7.10. The molecule has 112 valence electrons. The van der Waals surface area contributed by atoms with E-state index < -0.39 is 0 Å². The number of benzene rings is 1. The molecule has 0 N–H and O–H groups in total. The topological polar surface area (TPSA) is 40.6 Å². The van der Waals surface area contributed by atoms with E-state index in [4.69, 9.17) is 0 Å². The molecule has 4 nitrogen and oxygen atoms in total. The lowest BCUT2D eigenvalue weighted by Crippen LogP contribution is -2.26. The molecular weight excluding hydrogens is 264 g/mol. The number of hydrogen-bond donors (Lipinski definition) is 0. The van der Waals surface area contributed by atoms with Gasteiger partial charge in [-0.15, -0.1) is 0 Å². The maximum Gasteiger partial charge on any atom is 0.168 e. The average Bonchev–Trinajstić information content (AvgIpc) is 2.42. The normalized spacial score (nSPS) is 18.7. The molecule has 0 unspecified atom stereocenters. The molecule has 1 aromatic rings. The number of rotatable bonds is 3. The molecule has 0 aliphatic heterocycles. The summed E-state index contributed by atoms with van der Waals surface area (Å²) in [5.41, 5.74) is 2.51. The van der Waals surface area contributed by atoms with Crippen molar-refractivity contribution in [2.45, 2.75) is 18.8 Å². The van der Waals surface area contributed by atoms with E-state index in [0.29, 0.717) is 18.4 Å². The van der Waals surface area contributed by atoms with E-state index in [1.807, 2.05) is 57.4 Å². The van der Waals surface area contributed by atoms with Gasteiger partial charge in [-0.3, -0.25) is 9.59 Å². The van der Waals surface area contributed by atoms with Crippen molar-refractivity contribution in [1.82, 2.24) is 4.90 Å². The number of allylic oxidation sites excluding steroid dienone is 1. The van der Waals surface area contributed by atoms with Crippen LogP contribution in [0.25, 0.3) is 0 Å². The number of carbonyl (C=O) groups excluding carboxylic acids is 2. The summed E-state index contributed by atoms with van der Waals surface area (Å²) < 4.78 is 0. The van der Waals surface area contributed by atoms with Crippen molar-refractivity contribution in [3.63, 3.8) is 0 Å². The van der Waals surface area contributed by atoms with Gasteiger partial charge >= 0.3 is 0 Å². The molecule has 1 aliphatic rings. The number of nitrogens with zero attached hydrogens (tertiary/aromatic N) is 2. The van der Waals surface area contributed by atoms with Crippen molar-refractivity contribution in [1.29, 1.82) is 0 Å². The van der Waals surface area contributed by atoms with Crippen LogP contribution in [0.4, 0.5) is 5.69 Å². The molecule has 4 heteroatoms. The molecule has 1 aliphatic carbocycles. The third kappa shape index (κ3) is 3.51. The maximum atomic E-state index is 12.2. The predicted molar refractivity (Wildman–Crippen MR) is 84.5 cm³/mol. The molecule has 0 heterocycles. The van der Waals surface area contributed by atoms with Crippen molar-refractivity contribution >= 4 is 17.3 Å². The summed E-state index contributed by atoms with van der Waals surface area (Å²) in [6.45, 7) is 0. The Morgan fingerprint density at radius 1 is 0.952 bits per heavy atom. The van der Waals surface area contributed by atoms with Gasteiger partial charge in [0, 0.05) is 52.9 Å². The number of anilines is 1. The molecule has 0 saturated heterocycles. The van der Waals surface area contributed by atoms with Crippen LogP contribution in [0.5, 0.6) is 0 Å². The van der Waals surface area contributed by atoms with Gasteiger partial charge in [-0.1, -0.05) is 12.1 Å². The van der Waals surface area contributed by atoms with Crippen LogP contribution in [0.1, 0.15) is 24.3 Å². The van der Waals surface area contributed by atoms with E-state index in [-0.39, 0.29) is 17.5 Å². The van der Waals surface area contributed by atoms with Gasteiger partial charge in [-0.25, -0.2) is 0 Å². The molecule has 2 rings (SSSR count). The van der Waals surface area contributed by atoms with E-state index in [1.54, 1.807) is 11.1 Å². The highest BCUT2D eigenvalue weighted by Gasteiger charge is 2.31. The van der Waals surface area contributed by atoms with Crippen LogP contribution in [-0.2, 0) is 9.59 Å². The van der Waals surface area contributed by atoms with Gasteiger partial charge in [0.25, 0.3) is 0 Å². The Bertz CT molecular complexity index is 551. The van der Waals surface area contributed by atoms with Gasteiger partial charge < -0.3 is 9.80 Å². The van der Waals surface area contributed by atoms with Gasteiger partial charge in [-0.05, 0) is 23.6 Å². The first kappa shape index (κ1) is 15.3. The SMILES string of the molecule is CN(C)C=C1C(=O)CC(c2ccc(N(C)C)cc2)CC1=O. The smallest absolute Gasteiger partial charge is 0.168 e. The van der Waals surface area contributed by atoms with E-state index in [0.717, 1.165) is 11.3 Å². The standard InChI is InChI=1S/C17H22N2O2/c1-18(2)11-15-16(20)9-13(10-17(15)21)12-5-7-14(8-6-12)19(3)4/h5-8,11,13H,9-10H2,1-4H3. The van der Waals surface area contributed by atoms with Crippen LogP contribution >= 0.6 is 0 Å². The molecule has 1 fully saturated rings. The lowest BCUT2D eigenvalue weighted by molar-refractivity contribution is -0.124. The van der Waals surface area contributed by atoms with Crippen molar-refractivity contribution in [3.8, 4) is 0 Å². The van der Waals surface area contributed by atoms with Crippen molar-refractivity contribution in [2.75, 3.05) is 33.1 Å². The van der Waals surface area contributed by atoms with E-state index >= 15 is 0 Å². The average molecular weight is 286 g/mol. The van der Waals surface area contributed by atoms with Gasteiger partial charge in [-0.2, -0.15) is 0 Å². The van der Waals surface area contributed by atoms with Gasteiger partial charge in [0.1, 0.15) is 0 Å². The Balaban J connectivity index is 2.17. The molecule has 0 spiro atoms. The summed E-state index contributed by atoms with van der Waals surface area (Å²) in [4.78, 5) is 28.1. The lowest BCUT2D eigenvalue weighted by Gasteiger charge is -2.23. The van der Waals surface area contributed by atoms with Crippen LogP contribution in [0, 0.1) is 0 Å². The second kappa shape index (κ2) is 6.12. The van der Waals surface area contributed by atoms with Gasteiger partial charge in [0.05, 0.1) is 5.57 Å². The zero-order valence-electron chi connectivity index (χ0n) is 13.1. The van der Waals surface area contributed by atoms with Crippen LogP contribution in [0.2, 0.25) is 0 Å². The Hall–Kier alpha value is -2.10. The van der Waals surface area contributed by atoms with Crippen LogP contribution in [0.3, 0.4) is 0 Å². The second-order valence-corrected chi connectivity index (χ2v) is 5.94. The summed E-state index contributed by atoms with van der Waals surface area (Å²) in [7, 11) is 7.61. The number of Topliss-reactive ketones (excluding diaryl/α,β-unsaturated/α-hetero) is 2. The zero-order chi connectivity index (χ0) is 15.6. The summed E-state index contributed by atoms with van der Waals surface area (Å²) in [6, 6.07) is 8.08. The van der Waals surface area contributed by atoms with E-state index in [9.17, 15) is 9.59 Å². The molecule has 21 heavy (non-hydrogen) atoms. The van der Waals surface area contributed by atoms with Crippen molar-refractivity contribution in [2.24, 2.45) is 0 Å². The lowest BCUT2D eigenvalue weighted by atomic mass is 9.80.